The lowest BCUT2D eigenvalue weighted by Gasteiger charge is -2.13. The van der Waals surface area contributed by atoms with Gasteiger partial charge in [-0.3, -0.25) is 4.68 Å². The molecule has 0 atom stereocenters. The number of nitrogens with zero attached hydrogens (tertiary/aromatic N) is 2. The first-order chi connectivity index (χ1) is 13.1. The molecular formula is C20H30N4O3. The maximum Gasteiger partial charge on any atom is 0.319 e. The van der Waals surface area contributed by atoms with Gasteiger partial charge < -0.3 is 20.1 Å². The Balaban J connectivity index is 1.94. The van der Waals surface area contributed by atoms with E-state index < -0.39 is 0 Å². The van der Waals surface area contributed by atoms with Crippen molar-refractivity contribution in [3.8, 4) is 5.75 Å². The number of anilines is 1. The van der Waals surface area contributed by atoms with Crippen molar-refractivity contribution in [1.29, 1.82) is 0 Å². The average Bonchev–Trinajstić information content (AvgIpc) is 2.93. The molecule has 1 aromatic carbocycles. The number of unbranched alkanes of at least 4 members (excludes halogenated alkanes) is 1. The molecule has 0 fully saturated rings. The Morgan fingerprint density at radius 3 is 2.74 bits per heavy atom. The van der Waals surface area contributed by atoms with Gasteiger partial charge in [0.25, 0.3) is 0 Å². The fraction of sp³-hybridized carbons (Fsp3) is 0.500. The van der Waals surface area contributed by atoms with Gasteiger partial charge in [-0.15, -0.1) is 0 Å². The van der Waals surface area contributed by atoms with E-state index in [1.54, 1.807) is 7.11 Å². The van der Waals surface area contributed by atoms with Gasteiger partial charge >= 0.3 is 6.03 Å². The van der Waals surface area contributed by atoms with Crippen molar-refractivity contribution in [3.63, 3.8) is 0 Å². The number of para-hydroxylation sites is 2. The number of ether oxygens (including phenoxy) is 2. The topological polar surface area (TPSA) is 77.4 Å². The molecule has 148 valence electrons. The summed E-state index contributed by atoms with van der Waals surface area (Å²) in [6, 6.07) is 7.19. The second-order valence-corrected chi connectivity index (χ2v) is 6.37. The summed E-state index contributed by atoms with van der Waals surface area (Å²) in [6.45, 7) is 8.40. The van der Waals surface area contributed by atoms with Crippen molar-refractivity contribution in [3.05, 3.63) is 41.2 Å². The van der Waals surface area contributed by atoms with Crippen molar-refractivity contribution < 1.29 is 14.3 Å². The summed E-state index contributed by atoms with van der Waals surface area (Å²) in [7, 11) is 1.67. The fourth-order valence-electron chi connectivity index (χ4n) is 2.74. The van der Waals surface area contributed by atoms with Gasteiger partial charge in [0.15, 0.2) is 0 Å². The molecule has 2 N–H and O–H groups in total. The van der Waals surface area contributed by atoms with E-state index in [2.05, 4.69) is 22.7 Å². The molecule has 2 aromatic rings. The average molecular weight is 374 g/mol. The summed E-state index contributed by atoms with van der Waals surface area (Å²) in [5, 5.41) is 10.3. The minimum Gasteiger partial charge on any atom is -0.491 e. The number of amides is 2. The van der Waals surface area contributed by atoms with Gasteiger partial charge in [-0.1, -0.05) is 25.5 Å². The van der Waals surface area contributed by atoms with E-state index in [4.69, 9.17) is 9.47 Å². The molecule has 0 bridgehead atoms. The molecule has 7 nitrogen and oxygen atoms in total. The minimum atomic E-state index is -0.273. The lowest BCUT2D eigenvalue weighted by Crippen LogP contribution is -2.28. The molecule has 0 aliphatic heterocycles. The Morgan fingerprint density at radius 2 is 2.00 bits per heavy atom. The number of urea groups is 1. The van der Waals surface area contributed by atoms with Crippen LogP contribution in [-0.4, -0.2) is 36.1 Å². The summed E-state index contributed by atoms with van der Waals surface area (Å²) in [5.74, 6) is 0.681. The fourth-order valence-corrected chi connectivity index (χ4v) is 2.74. The number of hydrogen-bond acceptors (Lipinski definition) is 4. The summed E-state index contributed by atoms with van der Waals surface area (Å²) < 4.78 is 12.8. The molecule has 7 heteroatoms. The highest BCUT2D eigenvalue weighted by molar-refractivity contribution is 5.90. The summed E-state index contributed by atoms with van der Waals surface area (Å²) in [5.41, 5.74) is 3.63. The molecule has 0 unspecified atom stereocenters. The number of benzene rings is 1. The molecule has 2 amide bonds. The first kappa shape index (κ1) is 20.8. The predicted molar refractivity (Wildman–Crippen MR) is 106 cm³/mol. The van der Waals surface area contributed by atoms with E-state index >= 15 is 0 Å². The minimum absolute atomic E-state index is 0.273. The van der Waals surface area contributed by atoms with Crippen LogP contribution in [0.15, 0.2) is 24.3 Å². The number of hydrogen-bond donors (Lipinski definition) is 2. The number of nitrogens with one attached hydrogen (secondary N) is 2. The third-order valence-electron chi connectivity index (χ3n) is 4.36. The highest BCUT2D eigenvalue weighted by Crippen LogP contribution is 2.24. The molecule has 0 aliphatic rings. The first-order valence-corrected chi connectivity index (χ1v) is 9.35. The number of carbonyl (C=O) groups excluding carboxylic acids is 1. The SMILES string of the molecule is CCCCOc1ccccc1NC(=O)NCc1c(C)nn(CCOC)c1C. The Kier molecular flexibility index (Phi) is 8.13. The van der Waals surface area contributed by atoms with Crippen molar-refractivity contribution in [1.82, 2.24) is 15.1 Å². The van der Waals surface area contributed by atoms with E-state index in [1.165, 1.54) is 0 Å². The van der Waals surface area contributed by atoms with Crippen molar-refractivity contribution in [2.45, 2.75) is 46.7 Å². The van der Waals surface area contributed by atoms with Crippen LogP contribution in [-0.2, 0) is 17.8 Å². The largest absolute Gasteiger partial charge is 0.491 e. The van der Waals surface area contributed by atoms with Crippen LogP contribution >= 0.6 is 0 Å². The van der Waals surface area contributed by atoms with Gasteiger partial charge in [0.05, 0.1) is 31.1 Å². The normalized spacial score (nSPS) is 10.7. The zero-order valence-electron chi connectivity index (χ0n) is 16.7. The van der Waals surface area contributed by atoms with Crippen LogP contribution in [0.3, 0.4) is 0 Å². The summed E-state index contributed by atoms with van der Waals surface area (Å²) >= 11 is 0. The number of carbonyl (C=O) groups is 1. The second kappa shape index (κ2) is 10.6. The van der Waals surface area contributed by atoms with Gasteiger partial charge in [0.1, 0.15) is 5.75 Å². The van der Waals surface area contributed by atoms with Crippen molar-refractivity contribution in [2.24, 2.45) is 0 Å². The van der Waals surface area contributed by atoms with E-state index in [0.29, 0.717) is 37.7 Å². The van der Waals surface area contributed by atoms with Crippen LogP contribution in [0.4, 0.5) is 10.5 Å². The van der Waals surface area contributed by atoms with Crippen LogP contribution in [0.25, 0.3) is 0 Å². The number of aryl methyl sites for hydroxylation is 1. The van der Waals surface area contributed by atoms with Crippen LogP contribution in [0.2, 0.25) is 0 Å². The number of methoxy groups -OCH3 is 1. The van der Waals surface area contributed by atoms with E-state index in [1.807, 2.05) is 42.8 Å². The molecular weight excluding hydrogens is 344 g/mol. The molecule has 1 heterocycles. The molecule has 0 spiro atoms. The molecule has 0 saturated heterocycles. The van der Waals surface area contributed by atoms with Crippen LogP contribution in [0.1, 0.15) is 36.7 Å². The Labute approximate surface area is 161 Å². The summed E-state index contributed by atoms with van der Waals surface area (Å²) in [4.78, 5) is 12.3. The maximum atomic E-state index is 12.3. The van der Waals surface area contributed by atoms with Crippen LogP contribution in [0, 0.1) is 13.8 Å². The van der Waals surface area contributed by atoms with Crippen molar-refractivity contribution in [2.75, 3.05) is 25.6 Å². The third kappa shape index (κ3) is 5.99. The quantitative estimate of drug-likeness (QED) is 0.622. The van der Waals surface area contributed by atoms with E-state index in [9.17, 15) is 4.79 Å². The molecule has 1 aromatic heterocycles. The van der Waals surface area contributed by atoms with Gasteiger partial charge in [0, 0.05) is 24.9 Å². The molecule has 0 aliphatic carbocycles. The summed E-state index contributed by atoms with van der Waals surface area (Å²) in [6.07, 6.45) is 2.04. The predicted octanol–water partition coefficient (Wildman–Crippen LogP) is 3.65. The molecule has 2 rings (SSSR count). The van der Waals surface area contributed by atoms with Crippen molar-refractivity contribution >= 4 is 11.7 Å². The zero-order valence-corrected chi connectivity index (χ0v) is 16.7. The van der Waals surface area contributed by atoms with E-state index in [-0.39, 0.29) is 6.03 Å². The zero-order chi connectivity index (χ0) is 19.6. The first-order valence-electron chi connectivity index (χ1n) is 9.35. The number of rotatable bonds is 10. The standard InChI is InChI=1S/C20H30N4O3/c1-5-6-12-27-19-10-8-7-9-18(19)22-20(25)21-14-17-15(2)23-24(16(17)3)11-13-26-4/h7-10H,5-6,11-14H2,1-4H3,(H2,21,22,25). The Bertz CT molecular complexity index is 743. The smallest absolute Gasteiger partial charge is 0.319 e. The molecule has 0 saturated carbocycles. The maximum absolute atomic E-state index is 12.3. The van der Waals surface area contributed by atoms with E-state index in [0.717, 1.165) is 29.8 Å². The number of aromatic nitrogens is 2. The van der Waals surface area contributed by atoms with Crippen LogP contribution in [0.5, 0.6) is 5.75 Å². The second-order valence-electron chi connectivity index (χ2n) is 6.37. The van der Waals surface area contributed by atoms with Gasteiger partial charge in [-0.2, -0.15) is 5.10 Å². The highest BCUT2D eigenvalue weighted by atomic mass is 16.5. The highest BCUT2D eigenvalue weighted by Gasteiger charge is 2.13. The monoisotopic (exact) mass is 374 g/mol. The molecule has 0 radical (unpaired) electrons. The lowest BCUT2D eigenvalue weighted by atomic mass is 10.2. The van der Waals surface area contributed by atoms with Gasteiger partial charge in [0.2, 0.25) is 0 Å². The third-order valence-corrected chi connectivity index (χ3v) is 4.36. The lowest BCUT2D eigenvalue weighted by molar-refractivity contribution is 0.182. The Morgan fingerprint density at radius 1 is 1.22 bits per heavy atom. The van der Waals surface area contributed by atoms with Gasteiger partial charge in [-0.05, 0) is 32.4 Å². The van der Waals surface area contributed by atoms with Gasteiger partial charge in [-0.25, -0.2) is 4.79 Å². The molecule has 27 heavy (non-hydrogen) atoms. The van der Waals surface area contributed by atoms with Crippen LogP contribution < -0.4 is 15.4 Å². The Hall–Kier alpha value is -2.54.